The van der Waals surface area contributed by atoms with Gasteiger partial charge in [0.25, 0.3) is 0 Å². The maximum atomic E-state index is 10.7. The molecule has 1 atom stereocenters. The highest BCUT2D eigenvalue weighted by Gasteiger charge is 2.21. The summed E-state index contributed by atoms with van der Waals surface area (Å²) in [5.74, 6) is 0. The number of ether oxygens (including phenoxy) is 1. The topological polar surface area (TPSA) is 29.5 Å². The fraction of sp³-hybridized carbons (Fsp3) is 0.278. The van der Waals surface area contributed by atoms with Crippen LogP contribution in [-0.4, -0.2) is 30.9 Å². The zero-order chi connectivity index (χ0) is 14.5. The van der Waals surface area contributed by atoms with Crippen molar-refractivity contribution in [3.8, 4) is 0 Å². The second-order valence-corrected chi connectivity index (χ2v) is 5.36. The predicted molar refractivity (Wildman–Crippen MR) is 82.2 cm³/mol. The summed E-state index contributed by atoms with van der Waals surface area (Å²) in [6, 6.07) is 18.2. The van der Waals surface area contributed by atoms with E-state index in [1.165, 1.54) is 5.56 Å². The molecule has 0 bridgehead atoms. The highest BCUT2D eigenvalue weighted by atomic mass is 16.5. The molecular weight excluding hydrogens is 262 g/mol. The molecule has 0 spiro atoms. The van der Waals surface area contributed by atoms with Gasteiger partial charge in [-0.3, -0.25) is 9.69 Å². The number of carbonyl (C=O) groups excluding carboxylic acids is 1. The summed E-state index contributed by atoms with van der Waals surface area (Å²) in [5, 5.41) is 0. The fourth-order valence-electron chi connectivity index (χ4n) is 2.68. The smallest absolute Gasteiger partial charge is 0.150 e. The monoisotopic (exact) mass is 281 g/mol. The van der Waals surface area contributed by atoms with Crippen molar-refractivity contribution in [2.75, 3.05) is 19.7 Å². The Morgan fingerprint density at radius 1 is 1.10 bits per heavy atom. The molecule has 2 aromatic rings. The molecule has 21 heavy (non-hydrogen) atoms. The molecule has 0 saturated carbocycles. The second kappa shape index (κ2) is 6.66. The zero-order valence-electron chi connectivity index (χ0n) is 11.9. The summed E-state index contributed by atoms with van der Waals surface area (Å²) < 4.78 is 5.88. The van der Waals surface area contributed by atoms with Crippen LogP contribution in [0.2, 0.25) is 0 Å². The number of rotatable bonds is 4. The van der Waals surface area contributed by atoms with Gasteiger partial charge in [0.1, 0.15) is 6.29 Å². The lowest BCUT2D eigenvalue weighted by Crippen LogP contribution is -2.37. The third kappa shape index (κ3) is 3.57. The molecule has 3 nitrogen and oxygen atoms in total. The second-order valence-electron chi connectivity index (χ2n) is 5.36. The van der Waals surface area contributed by atoms with Gasteiger partial charge < -0.3 is 4.74 Å². The van der Waals surface area contributed by atoms with E-state index in [1.807, 2.05) is 30.3 Å². The number of hydrogen-bond acceptors (Lipinski definition) is 3. The maximum absolute atomic E-state index is 10.7. The Kier molecular flexibility index (Phi) is 4.43. The summed E-state index contributed by atoms with van der Waals surface area (Å²) in [5.41, 5.74) is 3.17. The molecule has 0 aromatic heterocycles. The Balaban J connectivity index is 1.66. The molecule has 1 saturated heterocycles. The first kappa shape index (κ1) is 14.0. The van der Waals surface area contributed by atoms with Crippen LogP contribution in [0.3, 0.4) is 0 Å². The van der Waals surface area contributed by atoms with Crippen LogP contribution in [0.15, 0.2) is 54.6 Å². The quantitative estimate of drug-likeness (QED) is 0.807. The van der Waals surface area contributed by atoms with E-state index >= 15 is 0 Å². The van der Waals surface area contributed by atoms with Crippen LogP contribution in [0.5, 0.6) is 0 Å². The molecule has 0 unspecified atom stereocenters. The van der Waals surface area contributed by atoms with E-state index in [0.29, 0.717) is 5.56 Å². The highest BCUT2D eigenvalue weighted by molar-refractivity contribution is 5.74. The number of carbonyl (C=O) groups is 1. The van der Waals surface area contributed by atoms with Crippen LogP contribution in [0, 0.1) is 0 Å². The minimum absolute atomic E-state index is 0.0863. The Morgan fingerprint density at radius 2 is 1.86 bits per heavy atom. The molecule has 3 rings (SSSR count). The molecule has 0 aliphatic carbocycles. The van der Waals surface area contributed by atoms with Gasteiger partial charge in [-0.1, -0.05) is 54.6 Å². The van der Waals surface area contributed by atoms with Crippen molar-refractivity contribution >= 4 is 6.29 Å². The van der Waals surface area contributed by atoms with Gasteiger partial charge in [0.2, 0.25) is 0 Å². The first-order valence-electron chi connectivity index (χ1n) is 7.28. The minimum atomic E-state index is 0.0863. The Morgan fingerprint density at radius 3 is 2.57 bits per heavy atom. The number of nitrogens with zero attached hydrogens (tertiary/aromatic N) is 1. The summed E-state index contributed by atoms with van der Waals surface area (Å²) in [6.45, 7) is 3.53. The fourth-order valence-corrected chi connectivity index (χ4v) is 2.68. The molecule has 1 heterocycles. The van der Waals surface area contributed by atoms with E-state index in [-0.39, 0.29) is 6.10 Å². The molecular formula is C18H19NO2. The molecule has 1 fully saturated rings. The molecule has 0 N–H and O–H groups in total. The van der Waals surface area contributed by atoms with Gasteiger partial charge in [-0.2, -0.15) is 0 Å². The number of hydrogen-bond donors (Lipinski definition) is 0. The largest absolute Gasteiger partial charge is 0.371 e. The highest BCUT2D eigenvalue weighted by Crippen LogP contribution is 2.23. The Labute approximate surface area is 125 Å². The molecule has 0 amide bonds. The molecule has 2 aromatic carbocycles. The van der Waals surface area contributed by atoms with E-state index in [1.54, 1.807) is 0 Å². The minimum Gasteiger partial charge on any atom is -0.371 e. The van der Waals surface area contributed by atoms with Gasteiger partial charge in [0.15, 0.2) is 0 Å². The summed E-state index contributed by atoms with van der Waals surface area (Å²) in [7, 11) is 0. The van der Waals surface area contributed by atoms with Gasteiger partial charge in [-0.05, 0) is 11.1 Å². The standard InChI is InChI=1S/C18H19NO2/c20-14-16-6-8-17(9-7-16)18-13-19(10-11-21-18)12-15-4-2-1-3-5-15/h1-9,14,18H,10-13H2/t18-/m0/s1. The van der Waals surface area contributed by atoms with Crippen LogP contribution in [0.1, 0.15) is 27.6 Å². The Hall–Kier alpha value is -1.97. The van der Waals surface area contributed by atoms with Crippen LogP contribution in [0.4, 0.5) is 0 Å². The number of aldehydes is 1. The van der Waals surface area contributed by atoms with E-state index in [2.05, 4.69) is 29.2 Å². The van der Waals surface area contributed by atoms with Gasteiger partial charge >= 0.3 is 0 Å². The normalized spacial score (nSPS) is 19.3. The lowest BCUT2D eigenvalue weighted by molar-refractivity contribution is -0.0329. The van der Waals surface area contributed by atoms with Crippen molar-refractivity contribution in [3.05, 3.63) is 71.3 Å². The van der Waals surface area contributed by atoms with Gasteiger partial charge in [-0.15, -0.1) is 0 Å². The van der Waals surface area contributed by atoms with Crippen molar-refractivity contribution in [1.29, 1.82) is 0 Å². The van der Waals surface area contributed by atoms with Crippen molar-refractivity contribution < 1.29 is 9.53 Å². The number of morpholine rings is 1. The van der Waals surface area contributed by atoms with Crippen LogP contribution in [0.25, 0.3) is 0 Å². The van der Waals surface area contributed by atoms with Crippen LogP contribution < -0.4 is 0 Å². The lowest BCUT2D eigenvalue weighted by Gasteiger charge is -2.33. The number of benzene rings is 2. The van der Waals surface area contributed by atoms with Crippen LogP contribution >= 0.6 is 0 Å². The maximum Gasteiger partial charge on any atom is 0.150 e. The molecule has 108 valence electrons. The summed E-state index contributed by atoms with van der Waals surface area (Å²) in [6.07, 6.45) is 0.955. The lowest BCUT2D eigenvalue weighted by atomic mass is 10.1. The van der Waals surface area contributed by atoms with Crippen molar-refractivity contribution in [1.82, 2.24) is 4.90 Å². The van der Waals surface area contributed by atoms with Gasteiger partial charge in [0.05, 0.1) is 12.7 Å². The van der Waals surface area contributed by atoms with E-state index in [0.717, 1.165) is 38.1 Å². The third-order valence-corrected chi connectivity index (χ3v) is 3.84. The molecule has 0 radical (unpaired) electrons. The van der Waals surface area contributed by atoms with Crippen molar-refractivity contribution in [3.63, 3.8) is 0 Å². The third-order valence-electron chi connectivity index (χ3n) is 3.84. The average molecular weight is 281 g/mol. The molecule has 1 aliphatic heterocycles. The molecule has 1 aliphatic rings. The van der Waals surface area contributed by atoms with E-state index in [4.69, 9.17) is 4.74 Å². The average Bonchev–Trinajstić information content (AvgIpc) is 2.56. The van der Waals surface area contributed by atoms with E-state index in [9.17, 15) is 4.79 Å². The van der Waals surface area contributed by atoms with Crippen molar-refractivity contribution in [2.45, 2.75) is 12.6 Å². The van der Waals surface area contributed by atoms with Gasteiger partial charge in [-0.25, -0.2) is 0 Å². The predicted octanol–water partition coefficient (Wildman–Crippen LogP) is 3.07. The first-order chi connectivity index (χ1) is 10.3. The summed E-state index contributed by atoms with van der Waals surface area (Å²) in [4.78, 5) is 13.1. The zero-order valence-corrected chi connectivity index (χ0v) is 11.9. The first-order valence-corrected chi connectivity index (χ1v) is 7.28. The summed E-state index contributed by atoms with van der Waals surface area (Å²) >= 11 is 0. The SMILES string of the molecule is O=Cc1ccc([C@@H]2CN(Cc3ccccc3)CCO2)cc1. The van der Waals surface area contributed by atoms with Crippen molar-refractivity contribution in [2.24, 2.45) is 0 Å². The molecule has 3 heteroatoms. The van der Waals surface area contributed by atoms with E-state index < -0.39 is 0 Å². The van der Waals surface area contributed by atoms with Gasteiger partial charge in [0, 0.05) is 25.2 Å². The van der Waals surface area contributed by atoms with Crippen LogP contribution in [-0.2, 0) is 11.3 Å². The Bertz CT molecular complexity index is 580.